The van der Waals surface area contributed by atoms with E-state index in [9.17, 15) is 35.4 Å². The van der Waals surface area contributed by atoms with Gasteiger partial charge in [0.15, 0.2) is 6.29 Å². The number of rotatable bonds is 7. The van der Waals surface area contributed by atoms with E-state index in [-0.39, 0.29) is 25.9 Å². The molecule has 11 atom stereocenters. The molecule has 29 heavy (non-hydrogen) atoms. The molecule has 1 unspecified atom stereocenters. The third-order valence-electron chi connectivity index (χ3n) is 5.31. The zero-order valence-electron chi connectivity index (χ0n) is 15.8. The van der Waals surface area contributed by atoms with Crippen LogP contribution in [0.15, 0.2) is 0 Å². The lowest BCUT2D eigenvalue weighted by Crippen LogP contribution is -2.67. The quantitative estimate of drug-likeness (QED) is 0.183. The summed E-state index contributed by atoms with van der Waals surface area (Å²) < 4.78 is 10.9. The Balaban J connectivity index is 2.02. The molecule has 1 saturated heterocycles. The van der Waals surface area contributed by atoms with E-state index in [4.69, 9.17) is 26.7 Å². The molecule has 2 fully saturated rings. The SMILES string of the molecule is NCC[C@H](O)C(=O)N[C@@H]1C[C@H](N)[C@@H](O[C@H]2O[C@H](CN)[C@@H](O)[C@H](O)C2O)[C@H](O)[C@H]1O. The zero-order valence-corrected chi connectivity index (χ0v) is 15.8. The van der Waals surface area contributed by atoms with Crippen LogP contribution in [0.4, 0.5) is 0 Å². The largest absolute Gasteiger partial charge is 0.388 e. The average Bonchev–Trinajstić information content (AvgIpc) is 2.69. The van der Waals surface area contributed by atoms with Gasteiger partial charge in [-0.05, 0) is 19.4 Å². The van der Waals surface area contributed by atoms with E-state index in [1.165, 1.54) is 0 Å². The maximum absolute atomic E-state index is 11.9. The summed E-state index contributed by atoms with van der Waals surface area (Å²) in [6, 6.07) is -1.86. The Morgan fingerprint density at radius 2 is 1.72 bits per heavy atom. The summed E-state index contributed by atoms with van der Waals surface area (Å²) >= 11 is 0. The van der Waals surface area contributed by atoms with Gasteiger partial charge in [-0.3, -0.25) is 4.79 Å². The Hall–Kier alpha value is -0.970. The molecule has 1 amide bonds. The molecule has 0 bridgehead atoms. The number of amides is 1. The fraction of sp³-hybridized carbons (Fsp3) is 0.938. The summed E-state index contributed by atoms with van der Waals surface area (Å²) in [6.07, 6.45) is -12.8. The number of carbonyl (C=O) groups excluding carboxylic acids is 1. The number of hydrogen-bond acceptors (Lipinski definition) is 12. The highest BCUT2D eigenvalue weighted by Crippen LogP contribution is 2.28. The number of aliphatic hydroxyl groups excluding tert-OH is 6. The summed E-state index contributed by atoms with van der Waals surface area (Å²) in [5.41, 5.74) is 16.8. The van der Waals surface area contributed by atoms with E-state index in [1.807, 2.05) is 0 Å². The molecular formula is C16H32N4O9. The predicted molar refractivity (Wildman–Crippen MR) is 96.8 cm³/mol. The van der Waals surface area contributed by atoms with Crippen molar-refractivity contribution >= 4 is 5.91 Å². The van der Waals surface area contributed by atoms with Crippen LogP contribution in [0.2, 0.25) is 0 Å². The zero-order chi connectivity index (χ0) is 21.9. The monoisotopic (exact) mass is 424 g/mol. The van der Waals surface area contributed by atoms with E-state index in [0.29, 0.717) is 0 Å². The minimum absolute atomic E-state index is 0.0156. The van der Waals surface area contributed by atoms with E-state index in [1.54, 1.807) is 0 Å². The fourth-order valence-electron chi connectivity index (χ4n) is 3.52. The smallest absolute Gasteiger partial charge is 0.249 e. The van der Waals surface area contributed by atoms with Gasteiger partial charge in [-0.25, -0.2) is 0 Å². The van der Waals surface area contributed by atoms with Crippen LogP contribution >= 0.6 is 0 Å². The molecule has 0 aromatic rings. The van der Waals surface area contributed by atoms with Gasteiger partial charge >= 0.3 is 0 Å². The first-order chi connectivity index (χ1) is 13.6. The van der Waals surface area contributed by atoms with E-state index < -0.39 is 73.1 Å². The summed E-state index contributed by atoms with van der Waals surface area (Å²) in [4.78, 5) is 11.9. The molecule has 0 spiro atoms. The first kappa shape index (κ1) is 24.3. The molecule has 0 radical (unpaired) electrons. The lowest BCUT2D eigenvalue weighted by molar-refractivity contribution is -0.318. The van der Waals surface area contributed by atoms with Crippen molar-refractivity contribution in [2.75, 3.05) is 13.1 Å². The minimum Gasteiger partial charge on any atom is -0.388 e. The molecule has 1 heterocycles. The summed E-state index contributed by atoms with van der Waals surface area (Å²) in [5, 5.41) is 62.7. The van der Waals surface area contributed by atoms with Crippen LogP contribution < -0.4 is 22.5 Å². The second kappa shape index (κ2) is 10.4. The molecule has 2 rings (SSSR count). The van der Waals surface area contributed by atoms with Gasteiger partial charge in [0.05, 0.1) is 6.04 Å². The van der Waals surface area contributed by atoms with Crippen molar-refractivity contribution in [2.24, 2.45) is 17.2 Å². The Morgan fingerprint density at radius 1 is 1.07 bits per heavy atom. The van der Waals surface area contributed by atoms with Gasteiger partial charge in [-0.2, -0.15) is 0 Å². The predicted octanol–water partition coefficient (Wildman–Crippen LogP) is -6.21. The molecule has 13 N–H and O–H groups in total. The number of aliphatic hydroxyl groups is 6. The molecule has 13 nitrogen and oxygen atoms in total. The maximum Gasteiger partial charge on any atom is 0.249 e. The van der Waals surface area contributed by atoms with Crippen molar-refractivity contribution in [1.82, 2.24) is 5.32 Å². The molecule has 1 saturated carbocycles. The fourth-order valence-corrected chi connectivity index (χ4v) is 3.52. The average molecular weight is 424 g/mol. The highest BCUT2D eigenvalue weighted by molar-refractivity contribution is 5.80. The Bertz CT molecular complexity index is 543. The number of hydrogen-bond donors (Lipinski definition) is 10. The minimum atomic E-state index is -1.65. The number of nitrogens with one attached hydrogen (secondary N) is 1. The lowest BCUT2D eigenvalue weighted by atomic mass is 9.84. The van der Waals surface area contributed by atoms with Crippen LogP contribution in [0.5, 0.6) is 0 Å². The number of carbonyl (C=O) groups is 1. The van der Waals surface area contributed by atoms with E-state index >= 15 is 0 Å². The lowest BCUT2D eigenvalue weighted by Gasteiger charge is -2.46. The second-order valence-corrected chi connectivity index (χ2v) is 7.44. The first-order valence-corrected chi connectivity index (χ1v) is 9.47. The van der Waals surface area contributed by atoms with Gasteiger partial charge in [-0.15, -0.1) is 0 Å². The Morgan fingerprint density at radius 3 is 2.31 bits per heavy atom. The first-order valence-electron chi connectivity index (χ1n) is 9.47. The van der Waals surface area contributed by atoms with Crippen LogP contribution in [0.3, 0.4) is 0 Å². The van der Waals surface area contributed by atoms with Gasteiger partial charge in [0.25, 0.3) is 0 Å². The van der Waals surface area contributed by atoms with Gasteiger partial charge in [-0.1, -0.05) is 0 Å². The molecule has 0 aromatic heterocycles. The van der Waals surface area contributed by atoms with Crippen LogP contribution in [-0.2, 0) is 14.3 Å². The molecule has 1 aliphatic heterocycles. The highest BCUT2D eigenvalue weighted by atomic mass is 16.7. The molecule has 1 aliphatic carbocycles. The topological polar surface area (TPSA) is 247 Å². The summed E-state index contributed by atoms with van der Waals surface area (Å²) in [7, 11) is 0. The van der Waals surface area contributed by atoms with E-state index in [0.717, 1.165) is 0 Å². The molecule has 0 aromatic carbocycles. The standard InChI is InChI=1S/C16H32N4O9/c17-2-1-7(21)15(27)20-6-3-5(19)14(12(25)9(6)22)29-16-13(26)11(24)10(23)8(4-18)28-16/h5-14,16,21-26H,1-4,17-19H2,(H,20,27)/t5-,6+,7-,8+,9-,10+,11-,12+,13?,14+,16+/m0/s1. The van der Waals surface area contributed by atoms with Gasteiger partial charge < -0.3 is 62.6 Å². The molecule has 2 aliphatic rings. The Labute approximate surface area is 167 Å². The second-order valence-electron chi connectivity index (χ2n) is 7.44. The van der Waals surface area contributed by atoms with E-state index in [2.05, 4.69) is 5.32 Å². The van der Waals surface area contributed by atoms with Gasteiger partial charge in [0.1, 0.15) is 48.8 Å². The highest BCUT2D eigenvalue weighted by Gasteiger charge is 2.49. The normalized spacial score (nSPS) is 44.3. The van der Waals surface area contributed by atoms with Crippen molar-refractivity contribution in [3.05, 3.63) is 0 Å². The number of ether oxygens (including phenoxy) is 2. The van der Waals surface area contributed by atoms with Crippen molar-refractivity contribution in [2.45, 2.75) is 80.0 Å². The van der Waals surface area contributed by atoms with Crippen molar-refractivity contribution in [3.8, 4) is 0 Å². The van der Waals surface area contributed by atoms with Crippen molar-refractivity contribution < 1.29 is 44.9 Å². The molecule has 170 valence electrons. The van der Waals surface area contributed by atoms with Gasteiger partial charge in [0, 0.05) is 12.6 Å². The van der Waals surface area contributed by atoms with Crippen LogP contribution in [-0.4, -0.2) is 117 Å². The third-order valence-corrected chi connectivity index (χ3v) is 5.31. The molecular weight excluding hydrogens is 392 g/mol. The summed E-state index contributed by atoms with van der Waals surface area (Å²) in [5.74, 6) is -0.757. The third kappa shape index (κ3) is 5.39. The molecule has 13 heteroatoms. The maximum atomic E-state index is 11.9. The van der Waals surface area contributed by atoms with Gasteiger partial charge in [0.2, 0.25) is 5.91 Å². The van der Waals surface area contributed by atoms with Crippen LogP contribution in [0.25, 0.3) is 0 Å². The van der Waals surface area contributed by atoms with Crippen molar-refractivity contribution in [1.29, 1.82) is 0 Å². The number of nitrogens with two attached hydrogens (primary N) is 3. The van der Waals surface area contributed by atoms with Crippen LogP contribution in [0, 0.1) is 0 Å². The summed E-state index contributed by atoms with van der Waals surface area (Å²) in [6.45, 7) is -0.0696. The van der Waals surface area contributed by atoms with Crippen LogP contribution in [0.1, 0.15) is 12.8 Å². The Kier molecular flexibility index (Phi) is 8.69. The van der Waals surface area contributed by atoms with Crippen molar-refractivity contribution in [3.63, 3.8) is 0 Å².